The van der Waals surface area contributed by atoms with Crippen molar-refractivity contribution in [2.24, 2.45) is 7.05 Å². The molecule has 0 radical (unpaired) electrons. The smallest absolute Gasteiger partial charge is 0.283 e. The van der Waals surface area contributed by atoms with Gasteiger partial charge >= 0.3 is 0 Å². The summed E-state index contributed by atoms with van der Waals surface area (Å²) in [4.78, 5) is 32.8. The average Bonchev–Trinajstić information content (AvgIpc) is 2.57. The van der Waals surface area contributed by atoms with Crippen LogP contribution in [0.3, 0.4) is 0 Å². The van der Waals surface area contributed by atoms with Gasteiger partial charge in [-0.1, -0.05) is 29.8 Å². The zero-order valence-electron chi connectivity index (χ0n) is 12.3. The Morgan fingerprint density at radius 1 is 1.26 bits per heavy atom. The van der Waals surface area contributed by atoms with Crippen molar-refractivity contribution in [3.8, 4) is 0 Å². The number of amides is 1. The van der Waals surface area contributed by atoms with E-state index in [-0.39, 0.29) is 12.2 Å². The summed E-state index contributed by atoms with van der Waals surface area (Å²) < 4.78 is 1.31. The molecule has 7 heteroatoms. The van der Waals surface area contributed by atoms with Crippen molar-refractivity contribution >= 4 is 28.7 Å². The van der Waals surface area contributed by atoms with Gasteiger partial charge in [-0.05, 0) is 23.8 Å². The second-order valence-electron chi connectivity index (χ2n) is 4.94. The molecular formula is C16H13ClN4O2. The maximum Gasteiger partial charge on any atom is 0.283 e. The summed E-state index contributed by atoms with van der Waals surface area (Å²) in [6, 6.07) is 10.6. The SMILES string of the molecule is Cn1c(=O)c(C(=O)NCc2ccccc2Cl)nc2cccnc21. The number of nitrogens with one attached hydrogen (secondary N) is 1. The second-order valence-corrected chi connectivity index (χ2v) is 5.35. The van der Waals surface area contributed by atoms with Crippen LogP contribution in [-0.2, 0) is 13.6 Å². The van der Waals surface area contributed by atoms with Crippen LogP contribution >= 0.6 is 11.6 Å². The number of nitrogens with zero attached hydrogens (tertiary/aromatic N) is 3. The van der Waals surface area contributed by atoms with Gasteiger partial charge in [0, 0.05) is 24.8 Å². The Morgan fingerprint density at radius 2 is 2.04 bits per heavy atom. The lowest BCUT2D eigenvalue weighted by atomic mass is 10.2. The number of pyridine rings is 1. The highest BCUT2D eigenvalue weighted by Gasteiger charge is 2.16. The lowest BCUT2D eigenvalue weighted by Gasteiger charge is -2.08. The van der Waals surface area contributed by atoms with Crippen molar-refractivity contribution in [3.05, 3.63) is 69.2 Å². The number of fused-ring (bicyclic) bond motifs is 1. The lowest BCUT2D eigenvalue weighted by Crippen LogP contribution is -2.33. The van der Waals surface area contributed by atoms with Crippen LogP contribution < -0.4 is 10.9 Å². The maximum atomic E-state index is 12.3. The minimum atomic E-state index is -0.545. The molecule has 0 aliphatic carbocycles. The molecule has 3 rings (SSSR count). The molecule has 1 amide bonds. The van der Waals surface area contributed by atoms with Gasteiger partial charge in [0.05, 0.1) is 0 Å². The third-order valence-corrected chi connectivity index (χ3v) is 3.80. The Labute approximate surface area is 136 Å². The minimum Gasteiger partial charge on any atom is -0.346 e. The molecule has 23 heavy (non-hydrogen) atoms. The van der Waals surface area contributed by atoms with Gasteiger partial charge in [0.2, 0.25) is 0 Å². The van der Waals surface area contributed by atoms with E-state index in [1.807, 2.05) is 6.07 Å². The van der Waals surface area contributed by atoms with E-state index in [0.717, 1.165) is 5.56 Å². The maximum absolute atomic E-state index is 12.3. The first-order chi connectivity index (χ1) is 11.1. The normalized spacial score (nSPS) is 10.7. The summed E-state index contributed by atoms with van der Waals surface area (Å²) in [6.45, 7) is 0.217. The Hall–Kier alpha value is -2.73. The molecule has 0 saturated carbocycles. The molecule has 0 saturated heterocycles. The van der Waals surface area contributed by atoms with E-state index in [2.05, 4.69) is 15.3 Å². The summed E-state index contributed by atoms with van der Waals surface area (Å²) >= 11 is 6.05. The molecule has 3 aromatic rings. The summed E-state index contributed by atoms with van der Waals surface area (Å²) in [5.74, 6) is -0.545. The molecule has 1 aromatic carbocycles. The van der Waals surface area contributed by atoms with E-state index in [9.17, 15) is 9.59 Å². The number of hydrogen-bond acceptors (Lipinski definition) is 4. The Kier molecular flexibility index (Phi) is 4.08. The van der Waals surface area contributed by atoms with Crippen LogP contribution in [0.1, 0.15) is 16.1 Å². The molecule has 0 aliphatic rings. The summed E-state index contributed by atoms with van der Waals surface area (Å²) in [6.07, 6.45) is 1.57. The fourth-order valence-electron chi connectivity index (χ4n) is 2.21. The number of halogens is 1. The molecule has 0 unspecified atom stereocenters. The highest BCUT2D eigenvalue weighted by molar-refractivity contribution is 6.31. The molecule has 0 atom stereocenters. The van der Waals surface area contributed by atoms with Crippen LogP contribution in [-0.4, -0.2) is 20.4 Å². The van der Waals surface area contributed by atoms with Gasteiger partial charge in [0.25, 0.3) is 11.5 Å². The highest BCUT2D eigenvalue weighted by atomic mass is 35.5. The van der Waals surface area contributed by atoms with Crippen molar-refractivity contribution < 1.29 is 4.79 Å². The minimum absolute atomic E-state index is 0.167. The fourth-order valence-corrected chi connectivity index (χ4v) is 2.41. The van der Waals surface area contributed by atoms with Crippen LogP contribution in [0.2, 0.25) is 5.02 Å². The van der Waals surface area contributed by atoms with Gasteiger partial charge in [-0.3, -0.25) is 14.2 Å². The largest absolute Gasteiger partial charge is 0.346 e. The molecule has 6 nitrogen and oxygen atoms in total. The molecule has 2 heterocycles. The molecule has 1 N–H and O–H groups in total. The van der Waals surface area contributed by atoms with Crippen molar-refractivity contribution in [1.82, 2.24) is 19.9 Å². The van der Waals surface area contributed by atoms with Crippen LogP contribution in [0, 0.1) is 0 Å². The van der Waals surface area contributed by atoms with Crippen molar-refractivity contribution in [3.63, 3.8) is 0 Å². The monoisotopic (exact) mass is 328 g/mol. The third kappa shape index (κ3) is 2.93. The molecular weight excluding hydrogens is 316 g/mol. The Morgan fingerprint density at radius 3 is 2.83 bits per heavy atom. The number of carbonyl (C=O) groups excluding carboxylic acids is 1. The molecule has 0 spiro atoms. The highest BCUT2D eigenvalue weighted by Crippen LogP contribution is 2.14. The van der Waals surface area contributed by atoms with E-state index < -0.39 is 11.5 Å². The Bertz CT molecular complexity index is 952. The van der Waals surface area contributed by atoms with Gasteiger partial charge in [-0.2, -0.15) is 0 Å². The van der Waals surface area contributed by atoms with Gasteiger partial charge in [-0.15, -0.1) is 0 Å². The Balaban J connectivity index is 1.91. The number of rotatable bonds is 3. The van der Waals surface area contributed by atoms with Gasteiger partial charge in [-0.25, -0.2) is 9.97 Å². The topological polar surface area (TPSA) is 76.9 Å². The van der Waals surface area contributed by atoms with Crippen molar-refractivity contribution in [2.45, 2.75) is 6.54 Å². The first-order valence-electron chi connectivity index (χ1n) is 6.91. The van der Waals surface area contributed by atoms with Crippen LogP contribution in [0.5, 0.6) is 0 Å². The lowest BCUT2D eigenvalue weighted by molar-refractivity contribution is 0.0944. The van der Waals surface area contributed by atoms with E-state index in [1.165, 1.54) is 4.57 Å². The van der Waals surface area contributed by atoms with Gasteiger partial charge in [0.15, 0.2) is 11.3 Å². The van der Waals surface area contributed by atoms with Crippen LogP contribution in [0.4, 0.5) is 0 Å². The number of hydrogen-bond donors (Lipinski definition) is 1. The number of aryl methyl sites for hydroxylation is 1. The summed E-state index contributed by atoms with van der Waals surface area (Å²) in [7, 11) is 1.56. The summed E-state index contributed by atoms with van der Waals surface area (Å²) in [5.41, 5.74) is 1.02. The van der Waals surface area contributed by atoms with E-state index >= 15 is 0 Å². The fraction of sp³-hybridized carbons (Fsp3) is 0.125. The molecule has 0 bridgehead atoms. The summed E-state index contributed by atoms with van der Waals surface area (Å²) in [5, 5.41) is 3.22. The number of aromatic nitrogens is 3. The van der Waals surface area contributed by atoms with Crippen molar-refractivity contribution in [1.29, 1.82) is 0 Å². The zero-order valence-corrected chi connectivity index (χ0v) is 13.0. The van der Waals surface area contributed by atoms with Crippen LogP contribution in [0.25, 0.3) is 11.2 Å². The molecule has 116 valence electrons. The predicted molar refractivity (Wildman–Crippen MR) is 87.4 cm³/mol. The first kappa shape index (κ1) is 15.2. The van der Waals surface area contributed by atoms with Gasteiger partial charge < -0.3 is 5.32 Å². The van der Waals surface area contributed by atoms with Crippen LogP contribution in [0.15, 0.2) is 47.4 Å². The van der Waals surface area contributed by atoms with Gasteiger partial charge in [0.1, 0.15) is 5.52 Å². The first-order valence-corrected chi connectivity index (χ1v) is 7.29. The zero-order chi connectivity index (χ0) is 16.4. The third-order valence-electron chi connectivity index (χ3n) is 3.44. The standard InChI is InChI=1S/C16H13ClN4O2/c1-21-14-12(7-4-8-18-14)20-13(16(21)23)15(22)19-9-10-5-2-3-6-11(10)17/h2-8H,9H2,1H3,(H,19,22). The molecule has 0 aliphatic heterocycles. The second kappa shape index (κ2) is 6.18. The van der Waals surface area contributed by atoms with E-state index in [1.54, 1.807) is 43.6 Å². The van der Waals surface area contributed by atoms with Crippen molar-refractivity contribution in [2.75, 3.05) is 0 Å². The predicted octanol–water partition coefficient (Wildman–Crippen LogP) is 1.91. The number of carbonyl (C=O) groups is 1. The quantitative estimate of drug-likeness (QED) is 0.796. The van der Waals surface area contributed by atoms with E-state index in [0.29, 0.717) is 16.2 Å². The average molecular weight is 329 g/mol. The molecule has 2 aromatic heterocycles. The molecule has 0 fully saturated rings. The van der Waals surface area contributed by atoms with E-state index in [4.69, 9.17) is 11.6 Å². The number of benzene rings is 1.